The number of nitrogens with one attached hydrogen (secondary N) is 2. The lowest BCUT2D eigenvalue weighted by Crippen LogP contribution is -2.44. The molecule has 31 heavy (non-hydrogen) atoms. The number of nitrogens with zero attached hydrogens (tertiary/aromatic N) is 2. The number of rotatable bonds is 9. The molecule has 0 radical (unpaired) electrons. The maximum Gasteiger partial charge on any atom is 0.220 e. The van der Waals surface area contributed by atoms with Gasteiger partial charge in [-0.2, -0.15) is 0 Å². The molecule has 0 spiro atoms. The molecule has 1 aliphatic rings. The van der Waals surface area contributed by atoms with Gasteiger partial charge in [-0.1, -0.05) is 31.5 Å². The van der Waals surface area contributed by atoms with Crippen LogP contribution in [0.25, 0.3) is 0 Å². The topological polar surface area (TPSA) is 82.8 Å². The van der Waals surface area contributed by atoms with Crippen LogP contribution in [0.2, 0.25) is 5.02 Å². The maximum atomic E-state index is 13.3. The van der Waals surface area contributed by atoms with E-state index in [2.05, 4.69) is 34.4 Å². The van der Waals surface area contributed by atoms with Crippen molar-refractivity contribution in [2.75, 3.05) is 39.8 Å². The number of benzene rings is 1. The summed E-state index contributed by atoms with van der Waals surface area (Å²) in [6.45, 7) is 8.51. The van der Waals surface area contributed by atoms with Crippen LogP contribution < -0.4 is 16.4 Å². The number of piperidine rings is 1. The normalized spacial score (nSPS) is 16.0. The summed E-state index contributed by atoms with van der Waals surface area (Å²) in [5.41, 5.74) is 6.01. The second-order valence-electron chi connectivity index (χ2n) is 8.59. The van der Waals surface area contributed by atoms with Crippen LogP contribution in [0.4, 0.5) is 4.39 Å². The van der Waals surface area contributed by atoms with Crippen molar-refractivity contribution >= 4 is 47.4 Å². The molecule has 2 rings (SSSR count). The first kappa shape index (κ1) is 27.9. The van der Waals surface area contributed by atoms with Crippen molar-refractivity contribution < 1.29 is 9.18 Å². The molecule has 176 valence electrons. The van der Waals surface area contributed by atoms with Gasteiger partial charge in [0.2, 0.25) is 5.91 Å². The van der Waals surface area contributed by atoms with Gasteiger partial charge in [0.25, 0.3) is 0 Å². The Hall–Kier alpha value is -1.13. The Morgan fingerprint density at radius 1 is 1.29 bits per heavy atom. The molecular weight excluding hydrogens is 532 g/mol. The molecule has 0 bridgehead atoms. The lowest BCUT2D eigenvalue weighted by molar-refractivity contribution is -0.123. The number of carbonyl (C=O) groups excluding carboxylic acids is 1. The fourth-order valence-corrected chi connectivity index (χ4v) is 4.19. The minimum atomic E-state index is -0.331. The molecule has 6 nitrogen and oxygen atoms in total. The van der Waals surface area contributed by atoms with Gasteiger partial charge < -0.3 is 21.3 Å². The molecule has 4 N–H and O–H groups in total. The highest BCUT2D eigenvalue weighted by Gasteiger charge is 2.24. The van der Waals surface area contributed by atoms with Crippen LogP contribution >= 0.6 is 35.6 Å². The minimum Gasteiger partial charge on any atom is -0.369 e. The highest BCUT2D eigenvalue weighted by Crippen LogP contribution is 2.29. The molecule has 1 aliphatic heterocycles. The standard InChI is InChI=1S/C22H35ClFN5O.HI/c1-22(2,18-7-6-17(24)14-19(18)23)15-28-21(26-3)27-10-4-5-11-29-12-8-16(9-13-29)20(25)30;/h6-7,14,16H,4-5,8-13,15H2,1-3H3,(H2,25,30)(H2,26,27,28);1H. The molecule has 0 atom stereocenters. The van der Waals surface area contributed by atoms with E-state index in [9.17, 15) is 9.18 Å². The van der Waals surface area contributed by atoms with Crippen LogP contribution in [-0.2, 0) is 10.2 Å². The van der Waals surface area contributed by atoms with E-state index in [0.29, 0.717) is 11.6 Å². The average molecular weight is 568 g/mol. The summed E-state index contributed by atoms with van der Waals surface area (Å²) in [5.74, 6) is 0.291. The summed E-state index contributed by atoms with van der Waals surface area (Å²) in [6.07, 6.45) is 3.86. The van der Waals surface area contributed by atoms with E-state index in [1.165, 1.54) is 12.1 Å². The van der Waals surface area contributed by atoms with Gasteiger partial charge in [0.15, 0.2) is 5.96 Å². The highest BCUT2D eigenvalue weighted by atomic mass is 127. The van der Waals surface area contributed by atoms with Gasteiger partial charge in [-0.15, -0.1) is 24.0 Å². The second kappa shape index (κ2) is 13.4. The van der Waals surface area contributed by atoms with Crippen LogP contribution in [0.15, 0.2) is 23.2 Å². The third kappa shape index (κ3) is 9.10. The Morgan fingerprint density at radius 3 is 2.55 bits per heavy atom. The van der Waals surface area contributed by atoms with Crippen LogP contribution in [0.5, 0.6) is 0 Å². The van der Waals surface area contributed by atoms with E-state index in [0.717, 1.165) is 63.4 Å². The zero-order valence-corrected chi connectivity index (χ0v) is 21.8. The maximum absolute atomic E-state index is 13.3. The lowest BCUT2D eigenvalue weighted by Gasteiger charge is -2.30. The number of unbranched alkanes of at least 4 members (excludes halogenated alkanes) is 1. The highest BCUT2D eigenvalue weighted by molar-refractivity contribution is 14.0. The second-order valence-corrected chi connectivity index (χ2v) is 8.99. The molecule has 1 amide bonds. The molecule has 1 aromatic carbocycles. The number of carbonyl (C=O) groups is 1. The van der Waals surface area contributed by atoms with E-state index < -0.39 is 0 Å². The van der Waals surface area contributed by atoms with Crippen molar-refractivity contribution in [1.29, 1.82) is 0 Å². The third-order valence-electron chi connectivity index (χ3n) is 5.77. The van der Waals surface area contributed by atoms with Gasteiger partial charge in [-0.3, -0.25) is 9.79 Å². The van der Waals surface area contributed by atoms with Crippen molar-refractivity contribution in [3.63, 3.8) is 0 Å². The van der Waals surface area contributed by atoms with Gasteiger partial charge in [0.1, 0.15) is 5.82 Å². The number of hydrogen-bond acceptors (Lipinski definition) is 3. The van der Waals surface area contributed by atoms with Crippen LogP contribution in [0.3, 0.4) is 0 Å². The summed E-state index contributed by atoms with van der Waals surface area (Å²) >= 11 is 6.23. The van der Waals surface area contributed by atoms with Gasteiger partial charge in [-0.25, -0.2) is 4.39 Å². The largest absolute Gasteiger partial charge is 0.369 e. The van der Waals surface area contributed by atoms with E-state index in [4.69, 9.17) is 17.3 Å². The number of primary amides is 1. The Bertz CT molecular complexity index is 739. The quantitative estimate of drug-likeness (QED) is 0.185. The molecule has 0 saturated carbocycles. The molecular formula is C22H36ClFIN5O. The predicted octanol–water partition coefficient (Wildman–Crippen LogP) is 3.52. The number of likely N-dealkylation sites (tertiary alicyclic amines) is 1. The van der Waals surface area contributed by atoms with Crippen molar-refractivity contribution in [2.24, 2.45) is 16.6 Å². The number of nitrogens with two attached hydrogens (primary N) is 1. The van der Waals surface area contributed by atoms with E-state index in [1.807, 2.05) is 0 Å². The fourth-order valence-electron chi connectivity index (χ4n) is 3.77. The van der Waals surface area contributed by atoms with E-state index in [-0.39, 0.29) is 47.0 Å². The van der Waals surface area contributed by atoms with E-state index in [1.54, 1.807) is 13.1 Å². The summed E-state index contributed by atoms with van der Waals surface area (Å²) in [6, 6.07) is 4.52. The Labute approximate surface area is 207 Å². The number of hydrogen-bond donors (Lipinski definition) is 3. The van der Waals surface area contributed by atoms with Gasteiger partial charge in [0.05, 0.1) is 0 Å². The number of aliphatic imine (C=N–C) groups is 1. The first-order valence-corrected chi connectivity index (χ1v) is 11.0. The number of amides is 1. The summed E-state index contributed by atoms with van der Waals surface area (Å²) in [4.78, 5) is 17.9. The first-order chi connectivity index (χ1) is 14.2. The zero-order chi connectivity index (χ0) is 22.1. The Kier molecular flexibility index (Phi) is 12.1. The zero-order valence-electron chi connectivity index (χ0n) is 18.7. The molecule has 0 aliphatic carbocycles. The third-order valence-corrected chi connectivity index (χ3v) is 6.08. The Morgan fingerprint density at radius 2 is 1.97 bits per heavy atom. The molecule has 9 heteroatoms. The van der Waals surface area contributed by atoms with Crippen molar-refractivity contribution in [3.05, 3.63) is 34.6 Å². The van der Waals surface area contributed by atoms with Crippen molar-refractivity contribution in [2.45, 2.75) is 44.9 Å². The molecule has 0 aromatic heterocycles. The average Bonchev–Trinajstić information content (AvgIpc) is 2.70. The smallest absolute Gasteiger partial charge is 0.220 e. The molecule has 1 saturated heterocycles. The summed E-state index contributed by atoms with van der Waals surface area (Å²) in [7, 11) is 1.75. The van der Waals surface area contributed by atoms with Gasteiger partial charge >= 0.3 is 0 Å². The molecule has 0 unspecified atom stereocenters. The van der Waals surface area contributed by atoms with Crippen molar-refractivity contribution in [3.8, 4) is 0 Å². The Balaban J connectivity index is 0.00000480. The van der Waals surface area contributed by atoms with Crippen LogP contribution in [0.1, 0.15) is 45.1 Å². The van der Waals surface area contributed by atoms with E-state index >= 15 is 0 Å². The molecule has 1 fully saturated rings. The summed E-state index contributed by atoms with van der Waals surface area (Å²) in [5, 5.41) is 7.12. The monoisotopic (exact) mass is 567 g/mol. The molecule has 1 aromatic rings. The minimum absolute atomic E-state index is 0. The fraction of sp³-hybridized carbons (Fsp3) is 0.636. The van der Waals surface area contributed by atoms with Crippen LogP contribution in [-0.4, -0.2) is 56.5 Å². The number of guanidine groups is 1. The summed E-state index contributed by atoms with van der Waals surface area (Å²) < 4.78 is 13.3. The molecule has 1 heterocycles. The van der Waals surface area contributed by atoms with Crippen molar-refractivity contribution in [1.82, 2.24) is 15.5 Å². The first-order valence-electron chi connectivity index (χ1n) is 10.6. The van der Waals surface area contributed by atoms with Gasteiger partial charge in [-0.05, 0) is 63.0 Å². The van der Waals surface area contributed by atoms with Crippen LogP contribution in [0, 0.1) is 11.7 Å². The van der Waals surface area contributed by atoms with Gasteiger partial charge in [0, 0.05) is 36.5 Å². The SMILES string of the molecule is CN=C(NCCCCN1CCC(C(N)=O)CC1)NCC(C)(C)c1ccc(F)cc1Cl.I. The predicted molar refractivity (Wildman–Crippen MR) is 137 cm³/mol. The number of halogens is 3. The lowest BCUT2D eigenvalue weighted by atomic mass is 9.84.